The number of nitrogens with zero attached hydrogens (tertiary/aromatic N) is 1. The number of aryl methyl sites for hydroxylation is 1. The fourth-order valence-electron chi connectivity index (χ4n) is 3.03. The minimum absolute atomic E-state index is 0.248. The van der Waals surface area contributed by atoms with E-state index >= 15 is 0 Å². The molecule has 0 aliphatic carbocycles. The summed E-state index contributed by atoms with van der Waals surface area (Å²) in [6, 6.07) is 15.4. The Morgan fingerprint density at radius 3 is 2.85 bits per heavy atom. The summed E-state index contributed by atoms with van der Waals surface area (Å²) in [7, 11) is 1.59. The van der Waals surface area contributed by atoms with Crippen LogP contribution in [0.4, 0.5) is 11.4 Å². The number of methoxy groups -OCH3 is 1. The molecule has 0 aliphatic heterocycles. The molecular weight excluding hydrogens is 358 g/mol. The second-order valence-electron chi connectivity index (χ2n) is 6.25. The van der Waals surface area contributed by atoms with Gasteiger partial charge in [0.05, 0.1) is 18.3 Å². The molecule has 4 rings (SSSR count). The zero-order chi connectivity index (χ0) is 19.0. The average Bonchev–Trinajstić information content (AvgIpc) is 3.01. The number of fused-ring (bicyclic) bond motifs is 2. The second kappa shape index (κ2) is 6.89. The molecule has 0 bridgehead atoms. The highest BCUT2D eigenvalue weighted by atomic mass is 32.1. The van der Waals surface area contributed by atoms with Crippen LogP contribution in [0.15, 0.2) is 48.5 Å². The maximum absolute atomic E-state index is 12.7. The number of rotatable bonds is 4. The van der Waals surface area contributed by atoms with Crippen LogP contribution in [0.1, 0.15) is 22.2 Å². The lowest BCUT2D eigenvalue weighted by molar-refractivity contribution is 0.103. The Bertz CT molecular complexity index is 1170. The van der Waals surface area contributed by atoms with Crippen LogP contribution in [-0.4, -0.2) is 18.0 Å². The topological polar surface area (TPSA) is 77.2 Å². The van der Waals surface area contributed by atoms with E-state index in [9.17, 15) is 4.79 Å². The van der Waals surface area contributed by atoms with E-state index in [4.69, 9.17) is 10.5 Å². The molecule has 27 heavy (non-hydrogen) atoms. The number of amides is 1. The molecule has 0 saturated carbocycles. The van der Waals surface area contributed by atoms with Gasteiger partial charge in [-0.15, -0.1) is 11.3 Å². The summed E-state index contributed by atoms with van der Waals surface area (Å²) in [6.45, 7) is 2.12. The molecule has 4 aromatic rings. The lowest BCUT2D eigenvalue weighted by Gasteiger charge is -2.06. The van der Waals surface area contributed by atoms with Gasteiger partial charge < -0.3 is 15.8 Å². The number of carbonyl (C=O) groups is 1. The van der Waals surface area contributed by atoms with Crippen LogP contribution < -0.4 is 15.8 Å². The van der Waals surface area contributed by atoms with Gasteiger partial charge in [0, 0.05) is 22.5 Å². The van der Waals surface area contributed by atoms with Gasteiger partial charge in [-0.25, -0.2) is 4.98 Å². The van der Waals surface area contributed by atoms with E-state index in [1.54, 1.807) is 13.2 Å². The minimum atomic E-state index is -0.248. The first-order valence-corrected chi connectivity index (χ1v) is 9.47. The predicted molar refractivity (Wildman–Crippen MR) is 112 cm³/mol. The number of thiophene rings is 1. The number of nitrogens with one attached hydrogen (secondary N) is 1. The number of nitrogens with two attached hydrogens (primary N) is 1. The Morgan fingerprint density at radius 1 is 1.22 bits per heavy atom. The third-order valence-corrected chi connectivity index (χ3v) is 5.63. The van der Waals surface area contributed by atoms with Crippen molar-refractivity contribution in [2.24, 2.45) is 0 Å². The molecule has 0 fully saturated rings. The number of anilines is 2. The summed E-state index contributed by atoms with van der Waals surface area (Å²) >= 11 is 1.31. The maximum atomic E-state index is 12.7. The van der Waals surface area contributed by atoms with Crippen LogP contribution >= 0.6 is 11.3 Å². The standard InChI is InChI=1S/C21H19N3O2S/c1-3-12-7-8-17-13(9-12)10-16-18(22)19(27-21(16)24-17)20(25)23-14-5-4-6-15(11-14)26-2/h4-11H,3,22H2,1-2H3,(H,23,25). The second-order valence-corrected chi connectivity index (χ2v) is 7.25. The molecule has 2 heterocycles. The Labute approximate surface area is 160 Å². The van der Waals surface area contributed by atoms with Crippen molar-refractivity contribution in [3.63, 3.8) is 0 Å². The molecule has 1 amide bonds. The first-order chi connectivity index (χ1) is 13.1. The SMILES string of the molecule is CCc1ccc2nc3sc(C(=O)Nc4cccc(OC)c4)c(N)c3cc2c1. The number of ether oxygens (including phenoxy) is 1. The molecule has 0 spiro atoms. The Hall–Kier alpha value is -3.12. The maximum Gasteiger partial charge on any atom is 0.267 e. The van der Waals surface area contributed by atoms with Gasteiger partial charge in [0.25, 0.3) is 5.91 Å². The quantitative estimate of drug-likeness (QED) is 0.533. The zero-order valence-corrected chi connectivity index (χ0v) is 15.9. The van der Waals surface area contributed by atoms with Crippen LogP contribution in [0.2, 0.25) is 0 Å². The van der Waals surface area contributed by atoms with Crippen molar-refractivity contribution in [3.05, 3.63) is 59.0 Å². The summed E-state index contributed by atoms with van der Waals surface area (Å²) in [4.78, 5) is 18.7. The van der Waals surface area contributed by atoms with E-state index < -0.39 is 0 Å². The summed E-state index contributed by atoms with van der Waals surface area (Å²) in [6.07, 6.45) is 0.960. The lowest BCUT2D eigenvalue weighted by atomic mass is 10.1. The third kappa shape index (κ3) is 3.19. The van der Waals surface area contributed by atoms with Gasteiger partial charge in [0.2, 0.25) is 0 Å². The molecular formula is C21H19N3O2S. The lowest BCUT2D eigenvalue weighted by Crippen LogP contribution is -2.11. The number of nitrogen functional groups attached to an aromatic ring is 1. The highest BCUT2D eigenvalue weighted by Gasteiger charge is 2.18. The number of aromatic nitrogens is 1. The average molecular weight is 377 g/mol. The van der Waals surface area contributed by atoms with Crippen molar-refractivity contribution < 1.29 is 9.53 Å². The molecule has 5 nitrogen and oxygen atoms in total. The number of pyridine rings is 1. The van der Waals surface area contributed by atoms with Crippen LogP contribution in [-0.2, 0) is 6.42 Å². The number of hydrogen-bond acceptors (Lipinski definition) is 5. The summed E-state index contributed by atoms with van der Waals surface area (Å²) in [5, 5.41) is 4.73. The van der Waals surface area contributed by atoms with E-state index in [1.807, 2.05) is 30.3 Å². The number of carbonyl (C=O) groups excluding carboxylic acids is 1. The Balaban J connectivity index is 1.73. The van der Waals surface area contributed by atoms with Gasteiger partial charge >= 0.3 is 0 Å². The summed E-state index contributed by atoms with van der Waals surface area (Å²) < 4.78 is 5.19. The number of benzene rings is 2. The molecule has 0 unspecified atom stereocenters. The molecule has 2 aromatic heterocycles. The Kier molecular flexibility index (Phi) is 4.41. The van der Waals surface area contributed by atoms with Crippen LogP contribution in [0, 0.1) is 0 Å². The van der Waals surface area contributed by atoms with E-state index in [0.717, 1.165) is 27.5 Å². The molecule has 3 N–H and O–H groups in total. The van der Waals surface area contributed by atoms with Gasteiger partial charge in [-0.1, -0.05) is 19.1 Å². The van der Waals surface area contributed by atoms with Crippen LogP contribution in [0.5, 0.6) is 5.75 Å². The first kappa shape index (κ1) is 17.3. The zero-order valence-electron chi connectivity index (χ0n) is 15.1. The smallest absolute Gasteiger partial charge is 0.267 e. The molecule has 0 atom stereocenters. The van der Waals surface area contributed by atoms with Crippen LogP contribution in [0.25, 0.3) is 21.1 Å². The first-order valence-electron chi connectivity index (χ1n) is 8.66. The van der Waals surface area contributed by atoms with Gasteiger partial charge in [0.15, 0.2) is 0 Å². The summed E-state index contributed by atoms with van der Waals surface area (Å²) in [5.41, 5.74) is 9.56. The molecule has 136 valence electrons. The van der Waals surface area contributed by atoms with Crippen molar-refractivity contribution in [2.75, 3.05) is 18.2 Å². The van der Waals surface area contributed by atoms with Crippen molar-refractivity contribution in [3.8, 4) is 5.75 Å². The predicted octanol–water partition coefficient (Wildman–Crippen LogP) is 4.86. The molecule has 0 radical (unpaired) electrons. The summed E-state index contributed by atoms with van der Waals surface area (Å²) in [5.74, 6) is 0.429. The Morgan fingerprint density at radius 2 is 2.07 bits per heavy atom. The van der Waals surface area contributed by atoms with E-state index in [0.29, 0.717) is 22.0 Å². The third-order valence-electron chi connectivity index (χ3n) is 4.52. The van der Waals surface area contributed by atoms with E-state index in [2.05, 4.69) is 29.4 Å². The van der Waals surface area contributed by atoms with Crippen molar-refractivity contribution in [2.45, 2.75) is 13.3 Å². The van der Waals surface area contributed by atoms with Crippen LogP contribution in [0.3, 0.4) is 0 Å². The number of hydrogen-bond donors (Lipinski definition) is 2. The molecule has 0 saturated heterocycles. The fraction of sp³-hybridized carbons (Fsp3) is 0.143. The van der Waals surface area contributed by atoms with Gasteiger partial charge in [0.1, 0.15) is 15.5 Å². The van der Waals surface area contributed by atoms with Gasteiger partial charge in [-0.2, -0.15) is 0 Å². The van der Waals surface area contributed by atoms with Gasteiger partial charge in [-0.3, -0.25) is 4.79 Å². The van der Waals surface area contributed by atoms with Crippen molar-refractivity contribution in [1.29, 1.82) is 0 Å². The largest absolute Gasteiger partial charge is 0.497 e. The highest BCUT2D eigenvalue weighted by Crippen LogP contribution is 2.35. The van der Waals surface area contributed by atoms with Crippen molar-refractivity contribution >= 4 is 49.7 Å². The van der Waals surface area contributed by atoms with E-state index in [1.165, 1.54) is 16.9 Å². The highest BCUT2D eigenvalue weighted by molar-refractivity contribution is 7.21. The van der Waals surface area contributed by atoms with Gasteiger partial charge in [-0.05, 0) is 42.3 Å². The van der Waals surface area contributed by atoms with Crippen molar-refractivity contribution in [1.82, 2.24) is 4.98 Å². The normalized spacial score (nSPS) is 11.0. The molecule has 2 aromatic carbocycles. The molecule has 6 heteroatoms. The minimum Gasteiger partial charge on any atom is -0.497 e. The fourth-order valence-corrected chi connectivity index (χ4v) is 4.01. The monoisotopic (exact) mass is 377 g/mol. The van der Waals surface area contributed by atoms with E-state index in [-0.39, 0.29) is 5.91 Å². The molecule has 0 aliphatic rings.